The number of benzene rings is 1. The van der Waals surface area contributed by atoms with Gasteiger partial charge in [-0.25, -0.2) is 0 Å². The predicted octanol–water partition coefficient (Wildman–Crippen LogP) is 5.70. The van der Waals surface area contributed by atoms with Crippen molar-refractivity contribution in [1.29, 1.82) is 0 Å². The Kier molecular flexibility index (Phi) is 2.85. The smallest absolute Gasteiger partial charge is 0.0178 e. The zero-order valence-electron chi connectivity index (χ0n) is 11.8. The van der Waals surface area contributed by atoms with E-state index in [4.69, 9.17) is 0 Å². The van der Waals surface area contributed by atoms with Crippen molar-refractivity contribution in [3.05, 3.63) is 33.8 Å². The van der Waals surface area contributed by atoms with Gasteiger partial charge in [0.1, 0.15) is 0 Å². The highest BCUT2D eigenvalue weighted by molar-refractivity contribution is 9.10. The first-order valence-corrected chi connectivity index (χ1v) is 8.75. The molecule has 4 atom stereocenters. The molecule has 0 nitrogen and oxygen atoms in total. The number of rotatable bonds is 0. The fraction of sp³-hybridized carbons (Fsp3) is 0.667. The molecule has 0 radical (unpaired) electrons. The Morgan fingerprint density at radius 2 is 2.05 bits per heavy atom. The van der Waals surface area contributed by atoms with Crippen molar-refractivity contribution < 1.29 is 0 Å². The van der Waals surface area contributed by atoms with Crippen LogP contribution >= 0.6 is 15.9 Å². The highest BCUT2D eigenvalue weighted by atomic mass is 79.9. The minimum Gasteiger partial charge on any atom is -0.0594 e. The van der Waals surface area contributed by atoms with Gasteiger partial charge in [-0.05, 0) is 85.0 Å². The fourth-order valence-electron chi connectivity index (χ4n) is 5.53. The molecular weight excluding hydrogens is 296 g/mol. The molecule has 1 aromatic rings. The van der Waals surface area contributed by atoms with E-state index in [0.29, 0.717) is 5.41 Å². The Labute approximate surface area is 125 Å². The molecule has 102 valence electrons. The molecule has 3 aliphatic rings. The first kappa shape index (κ1) is 12.4. The van der Waals surface area contributed by atoms with Gasteiger partial charge < -0.3 is 0 Å². The standard InChI is InChI=1S/C18H23Br/c1-18-9-2-3-17(18)15-7-5-12-4-6-13(19)11-16(12)14(15)8-10-18/h4,6,11,14-15,17H,2-3,5,7-10H2,1H3/t14-,15+,17-,18-/m0/s1. The van der Waals surface area contributed by atoms with E-state index in [1.807, 2.05) is 0 Å². The van der Waals surface area contributed by atoms with E-state index < -0.39 is 0 Å². The second-order valence-corrected chi connectivity index (χ2v) is 8.26. The summed E-state index contributed by atoms with van der Waals surface area (Å²) in [6, 6.07) is 7.00. The summed E-state index contributed by atoms with van der Waals surface area (Å²) in [6.07, 6.45) is 10.1. The molecule has 3 aliphatic carbocycles. The molecule has 0 heterocycles. The van der Waals surface area contributed by atoms with Crippen molar-refractivity contribution in [2.24, 2.45) is 17.3 Å². The normalized spacial score (nSPS) is 40.4. The van der Waals surface area contributed by atoms with Crippen LogP contribution in [0.5, 0.6) is 0 Å². The maximum atomic E-state index is 3.67. The van der Waals surface area contributed by atoms with E-state index in [1.165, 1.54) is 49.4 Å². The highest BCUT2D eigenvalue weighted by Gasteiger charge is 2.50. The Bertz CT molecular complexity index is 506. The maximum Gasteiger partial charge on any atom is 0.0178 e. The molecule has 0 aliphatic heterocycles. The van der Waals surface area contributed by atoms with Crippen molar-refractivity contribution in [3.63, 3.8) is 0 Å². The van der Waals surface area contributed by atoms with E-state index in [1.54, 1.807) is 11.1 Å². The number of aryl methyl sites for hydroxylation is 1. The average molecular weight is 319 g/mol. The molecular formula is C18H23Br. The van der Waals surface area contributed by atoms with Crippen LogP contribution in [0.1, 0.15) is 62.5 Å². The highest BCUT2D eigenvalue weighted by Crippen LogP contribution is 2.60. The van der Waals surface area contributed by atoms with Crippen molar-refractivity contribution in [3.8, 4) is 0 Å². The van der Waals surface area contributed by atoms with Gasteiger partial charge >= 0.3 is 0 Å². The number of fused-ring (bicyclic) bond motifs is 5. The quantitative estimate of drug-likeness (QED) is 0.576. The summed E-state index contributed by atoms with van der Waals surface area (Å²) < 4.78 is 1.27. The summed E-state index contributed by atoms with van der Waals surface area (Å²) in [5.74, 6) is 2.85. The van der Waals surface area contributed by atoms with E-state index in [9.17, 15) is 0 Å². The summed E-state index contributed by atoms with van der Waals surface area (Å²) in [5.41, 5.74) is 4.00. The Morgan fingerprint density at radius 3 is 2.95 bits per heavy atom. The third-order valence-corrected chi connectivity index (χ3v) is 6.97. The molecule has 19 heavy (non-hydrogen) atoms. The van der Waals surface area contributed by atoms with Crippen LogP contribution in [0.2, 0.25) is 0 Å². The molecule has 0 bridgehead atoms. The largest absolute Gasteiger partial charge is 0.0594 e. The van der Waals surface area contributed by atoms with Gasteiger partial charge in [0.2, 0.25) is 0 Å². The third-order valence-electron chi connectivity index (χ3n) is 6.47. The van der Waals surface area contributed by atoms with Crippen LogP contribution in [0.4, 0.5) is 0 Å². The zero-order valence-corrected chi connectivity index (χ0v) is 13.4. The van der Waals surface area contributed by atoms with Crippen LogP contribution in [-0.4, -0.2) is 0 Å². The van der Waals surface area contributed by atoms with Crippen molar-refractivity contribution in [2.45, 2.75) is 57.8 Å². The molecule has 1 aromatic carbocycles. The average Bonchev–Trinajstić information content (AvgIpc) is 2.80. The SMILES string of the molecule is C[C@@]12CCC[C@H]1[C@@H]1CCc3ccc(Br)cc3[C@H]1CC2. The van der Waals surface area contributed by atoms with Gasteiger partial charge in [-0.1, -0.05) is 35.3 Å². The van der Waals surface area contributed by atoms with Gasteiger partial charge in [0.05, 0.1) is 0 Å². The lowest BCUT2D eigenvalue weighted by atomic mass is 9.56. The van der Waals surface area contributed by atoms with Crippen molar-refractivity contribution in [2.75, 3.05) is 0 Å². The molecule has 0 saturated heterocycles. The lowest BCUT2D eigenvalue weighted by molar-refractivity contribution is 0.0598. The van der Waals surface area contributed by atoms with Crippen LogP contribution < -0.4 is 0 Å². The Balaban J connectivity index is 1.73. The molecule has 4 rings (SSSR count). The van der Waals surface area contributed by atoms with E-state index >= 15 is 0 Å². The van der Waals surface area contributed by atoms with E-state index in [2.05, 4.69) is 41.1 Å². The second kappa shape index (κ2) is 4.35. The van der Waals surface area contributed by atoms with Gasteiger partial charge in [0.25, 0.3) is 0 Å². The van der Waals surface area contributed by atoms with E-state index in [-0.39, 0.29) is 0 Å². The Hall–Kier alpha value is -0.300. The zero-order chi connectivity index (χ0) is 13.0. The summed E-state index contributed by atoms with van der Waals surface area (Å²) in [6.45, 7) is 2.58. The molecule has 2 saturated carbocycles. The van der Waals surface area contributed by atoms with Crippen molar-refractivity contribution >= 4 is 15.9 Å². The summed E-state index contributed by atoms with van der Waals surface area (Å²) in [7, 11) is 0. The van der Waals surface area contributed by atoms with Crippen LogP contribution in [0.3, 0.4) is 0 Å². The van der Waals surface area contributed by atoms with Gasteiger partial charge in [-0.15, -0.1) is 0 Å². The number of halogens is 1. The van der Waals surface area contributed by atoms with Gasteiger partial charge in [0, 0.05) is 4.47 Å². The molecule has 2 fully saturated rings. The lowest BCUT2D eigenvalue weighted by Gasteiger charge is -2.49. The minimum atomic E-state index is 0.685. The third kappa shape index (κ3) is 1.84. The molecule has 0 aromatic heterocycles. The molecule has 0 unspecified atom stereocenters. The number of hydrogen-bond acceptors (Lipinski definition) is 0. The second-order valence-electron chi connectivity index (χ2n) is 7.34. The topological polar surface area (TPSA) is 0 Å². The summed E-state index contributed by atoms with van der Waals surface area (Å²) >= 11 is 3.67. The van der Waals surface area contributed by atoms with E-state index in [0.717, 1.165) is 17.8 Å². The minimum absolute atomic E-state index is 0.685. The maximum absolute atomic E-state index is 3.67. The predicted molar refractivity (Wildman–Crippen MR) is 83.4 cm³/mol. The molecule has 0 spiro atoms. The molecule has 0 amide bonds. The van der Waals surface area contributed by atoms with Crippen LogP contribution in [-0.2, 0) is 6.42 Å². The monoisotopic (exact) mass is 318 g/mol. The van der Waals surface area contributed by atoms with Crippen LogP contribution in [0.15, 0.2) is 22.7 Å². The number of hydrogen-bond donors (Lipinski definition) is 0. The van der Waals surface area contributed by atoms with Crippen molar-refractivity contribution in [1.82, 2.24) is 0 Å². The first-order chi connectivity index (χ1) is 9.17. The first-order valence-electron chi connectivity index (χ1n) is 7.96. The Morgan fingerprint density at radius 1 is 1.16 bits per heavy atom. The summed E-state index contributed by atoms with van der Waals surface area (Å²) in [4.78, 5) is 0. The fourth-order valence-corrected chi connectivity index (χ4v) is 5.91. The van der Waals surface area contributed by atoms with Crippen LogP contribution in [0, 0.1) is 17.3 Å². The molecule has 1 heteroatoms. The van der Waals surface area contributed by atoms with Crippen LogP contribution in [0.25, 0.3) is 0 Å². The van der Waals surface area contributed by atoms with Gasteiger partial charge in [-0.3, -0.25) is 0 Å². The lowest BCUT2D eigenvalue weighted by Crippen LogP contribution is -2.39. The van der Waals surface area contributed by atoms with Gasteiger partial charge in [-0.2, -0.15) is 0 Å². The molecule has 0 N–H and O–H groups in total. The summed E-state index contributed by atoms with van der Waals surface area (Å²) in [5, 5.41) is 0. The van der Waals surface area contributed by atoms with Gasteiger partial charge in [0.15, 0.2) is 0 Å².